The fraction of sp³-hybridized carbons (Fsp3) is 0.478. The van der Waals surface area contributed by atoms with E-state index in [0.717, 1.165) is 12.8 Å². The molecule has 3 aliphatic rings. The number of fused-ring (bicyclic) bond motifs is 2. The second-order valence-corrected chi connectivity index (χ2v) is 8.39. The van der Waals surface area contributed by atoms with Crippen molar-refractivity contribution in [3.63, 3.8) is 0 Å². The highest BCUT2D eigenvalue weighted by atomic mass is 16.3. The van der Waals surface area contributed by atoms with Crippen molar-refractivity contribution in [2.45, 2.75) is 43.1 Å². The van der Waals surface area contributed by atoms with Crippen molar-refractivity contribution >= 4 is 17.9 Å². The lowest BCUT2D eigenvalue weighted by Crippen LogP contribution is -2.50. The Morgan fingerprint density at radius 3 is 2.36 bits per heavy atom. The molecular formula is C23H28N2O3. The number of carbonyl (C=O) groups is 2. The minimum absolute atomic E-state index is 0.0242. The third kappa shape index (κ3) is 3.39. The van der Waals surface area contributed by atoms with Crippen molar-refractivity contribution in [3.8, 4) is 0 Å². The second kappa shape index (κ2) is 7.21. The number of nitrogens with zero attached hydrogens (tertiary/aromatic N) is 2. The first kappa shape index (κ1) is 18.9. The average Bonchev–Trinajstić information content (AvgIpc) is 3.06. The van der Waals surface area contributed by atoms with Gasteiger partial charge in [-0.15, -0.1) is 0 Å². The largest absolute Gasteiger partial charge is 0.389 e. The minimum Gasteiger partial charge on any atom is -0.389 e. The highest BCUT2D eigenvalue weighted by Crippen LogP contribution is 2.43. The van der Waals surface area contributed by atoms with Gasteiger partial charge in [-0.2, -0.15) is 0 Å². The number of hydrogen-bond acceptors (Lipinski definition) is 3. The molecule has 2 fully saturated rings. The predicted octanol–water partition coefficient (Wildman–Crippen LogP) is 2.50. The monoisotopic (exact) mass is 380 g/mol. The summed E-state index contributed by atoms with van der Waals surface area (Å²) in [5, 5.41) is 10.9. The maximum absolute atomic E-state index is 12.8. The van der Waals surface area contributed by atoms with E-state index in [1.165, 1.54) is 17.2 Å². The van der Waals surface area contributed by atoms with Crippen LogP contribution in [-0.2, 0) is 15.0 Å². The highest BCUT2D eigenvalue weighted by Gasteiger charge is 2.41. The Morgan fingerprint density at radius 2 is 1.68 bits per heavy atom. The molecule has 1 spiro atoms. The van der Waals surface area contributed by atoms with E-state index in [1.54, 1.807) is 4.90 Å². The molecule has 4 rings (SSSR count). The molecule has 5 heteroatoms. The van der Waals surface area contributed by atoms with E-state index in [9.17, 15) is 14.7 Å². The zero-order valence-corrected chi connectivity index (χ0v) is 16.3. The third-order valence-corrected chi connectivity index (χ3v) is 6.75. The quantitative estimate of drug-likeness (QED) is 0.820. The topological polar surface area (TPSA) is 60.9 Å². The summed E-state index contributed by atoms with van der Waals surface area (Å²) in [6, 6.07) is 8.50. The lowest BCUT2D eigenvalue weighted by molar-refractivity contribution is -0.141. The SMILES string of the molecule is C=CC(=O)N1CCC(O)(CC(=O)N2CCC3(C=Cc4ccccc43)CC2)CC1. The van der Waals surface area contributed by atoms with Gasteiger partial charge in [-0.1, -0.05) is 43.0 Å². The van der Waals surface area contributed by atoms with Gasteiger partial charge in [0, 0.05) is 31.6 Å². The van der Waals surface area contributed by atoms with Crippen LogP contribution in [0.25, 0.3) is 6.08 Å². The zero-order valence-electron chi connectivity index (χ0n) is 16.3. The van der Waals surface area contributed by atoms with Crippen LogP contribution in [0.5, 0.6) is 0 Å². The van der Waals surface area contributed by atoms with E-state index in [2.05, 4.69) is 43.0 Å². The molecule has 2 saturated heterocycles. The smallest absolute Gasteiger partial charge is 0.245 e. The van der Waals surface area contributed by atoms with Crippen LogP contribution >= 0.6 is 0 Å². The minimum atomic E-state index is -1.01. The first-order valence-corrected chi connectivity index (χ1v) is 10.2. The van der Waals surface area contributed by atoms with Gasteiger partial charge in [0.1, 0.15) is 0 Å². The van der Waals surface area contributed by atoms with Gasteiger partial charge in [0.15, 0.2) is 0 Å². The molecule has 2 heterocycles. The number of amides is 2. The van der Waals surface area contributed by atoms with E-state index < -0.39 is 5.60 Å². The highest BCUT2D eigenvalue weighted by molar-refractivity contribution is 5.87. The Hall–Kier alpha value is -2.40. The van der Waals surface area contributed by atoms with Gasteiger partial charge in [0.25, 0.3) is 0 Å². The van der Waals surface area contributed by atoms with Crippen LogP contribution in [0.4, 0.5) is 0 Å². The van der Waals surface area contributed by atoms with Crippen LogP contribution in [-0.4, -0.2) is 58.5 Å². The molecule has 148 valence electrons. The Balaban J connectivity index is 1.33. The maximum Gasteiger partial charge on any atom is 0.245 e. The molecule has 0 saturated carbocycles. The number of likely N-dealkylation sites (tertiary alicyclic amines) is 2. The molecule has 1 aliphatic carbocycles. The number of carbonyl (C=O) groups excluding carboxylic acids is 2. The van der Waals surface area contributed by atoms with Gasteiger partial charge in [-0.05, 0) is 42.9 Å². The van der Waals surface area contributed by atoms with Gasteiger partial charge in [-0.25, -0.2) is 0 Å². The summed E-state index contributed by atoms with van der Waals surface area (Å²) in [6.45, 7) is 5.88. The second-order valence-electron chi connectivity index (χ2n) is 8.39. The van der Waals surface area contributed by atoms with E-state index >= 15 is 0 Å². The van der Waals surface area contributed by atoms with Crippen LogP contribution in [0.15, 0.2) is 43.0 Å². The number of aliphatic hydroxyl groups is 1. The number of rotatable bonds is 3. The first-order valence-electron chi connectivity index (χ1n) is 10.2. The summed E-state index contributed by atoms with van der Waals surface area (Å²) in [6.07, 6.45) is 8.67. The van der Waals surface area contributed by atoms with E-state index in [1.807, 2.05) is 4.90 Å². The molecule has 0 radical (unpaired) electrons. The van der Waals surface area contributed by atoms with Crippen molar-refractivity contribution in [2.24, 2.45) is 0 Å². The molecular weight excluding hydrogens is 352 g/mol. The number of hydrogen-bond donors (Lipinski definition) is 1. The van der Waals surface area contributed by atoms with Crippen LogP contribution in [0.2, 0.25) is 0 Å². The van der Waals surface area contributed by atoms with E-state index in [4.69, 9.17) is 0 Å². The maximum atomic E-state index is 12.8. The standard InChI is InChI=1S/C23H28N2O3/c1-2-20(26)24-15-11-23(28,12-16-24)17-21(27)25-13-9-22(10-14-25)8-7-18-5-3-4-6-19(18)22/h2-8,28H,1,9-17H2. The molecule has 0 bridgehead atoms. The van der Waals surface area contributed by atoms with Crippen molar-refractivity contribution in [1.29, 1.82) is 0 Å². The van der Waals surface area contributed by atoms with Crippen molar-refractivity contribution in [1.82, 2.24) is 9.80 Å². The summed E-state index contributed by atoms with van der Waals surface area (Å²) in [5.41, 5.74) is 1.71. The number of benzene rings is 1. The molecule has 28 heavy (non-hydrogen) atoms. The molecule has 1 N–H and O–H groups in total. The number of piperidine rings is 2. The van der Waals surface area contributed by atoms with Gasteiger partial charge in [-0.3, -0.25) is 9.59 Å². The Morgan fingerprint density at radius 1 is 1.04 bits per heavy atom. The molecule has 0 atom stereocenters. The van der Waals surface area contributed by atoms with Gasteiger partial charge in [0.2, 0.25) is 11.8 Å². The lowest BCUT2D eigenvalue weighted by atomic mass is 9.74. The van der Waals surface area contributed by atoms with Crippen LogP contribution in [0, 0.1) is 0 Å². The predicted molar refractivity (Wildman–Crippen MR) is 109 cm³/mol. The summed E-state index contributed by atoms with van der Waals surface area (Å²) in [4.78, 5) is 28.1. The van der Waals surface area contributed by atoms with Crippen LogP contribution in [0.1, 0.15) is 43.2 Å². The van der Waals surface area contributed by atoms with E-state index in [0.29, 0.717) is 39.0 Å². The average molecular weight is 380 g/mol. The summed E-state index contributed by atoms with van der Waals surface area (Å²) in [5.74, 6) is -0.0873. The molecule has 1 aromatic rings. The van der Waals surface area contributed by atoms with Gasteiger partial charge < -0.3 is 14.9 Å². The fourth-order valence-electron chi connectivity index (χ4n) is 4.87. The van der Waals surface area contributed by atoms with Crippen LogP contribution in [0.3, 0.4) is 0 Å². The molecule has 0 aromatic heterocycles. The Bertz CT molecular complexity index is 813. The number of allylic oxidation sites excluding steroid dienone is 1. The van der Waals surface area contributed by atoms with Crippen molar-refractivity contribution < 1.29 is 14.7 Å². The van der Waals surface area contributed by atoms with Crippen LogP contribution < -0.4 is 0 Å². The van der Waals surface area contributed by atoms with Gasteiger partial charge >= 0.3 is 0 Å². The molecule has 0 unspecified atom stereocenters. The molecule has 2 amide bonds. The Labute approximate surface area is 166 Å². The fourth-order valence-corrected chi connectivity index (χ4v) is 4.87. The van der Waals surface area contributed by atoms with Crippen molar-refractivity contribution in [3.05, 3.63) is 54.1 Å². The summed E-state index contributed by atoms with van der Waals surface area (Å²) < 4.78 is 0. The molecule has 2 aliphatic heterocycles. The zero-order chi connectivity index (χ0) is 19.8. The first-order chi connectivity index (χ1) is 13.4. The van der Waals surface area contributed by atoms with E-state index in [-0.39, 0.29) is 23.7 Å². The summed E-state index contributed by atoms with van der Waals surface area (Å²) >= 11 is 0. The normalized spacial score (nSPS) is 22.2. The van der Waals surface area contributed by atoms with Crippen molar-refractivity contribution in [2.75, 3.05) is 26.2 Å². The van der Waals surface area contributed by atoms with Gasteiger partial charge in [0.05, 0.1) is 12.0 Å². The lowest BCUT2D eigenvalue weighted by Gasteiger charge is -2.42. The third-order valence-electron chi connectivity index (χ3n) is 6.75. The summed E-state index contributed by atoms with van der Waals surface area (Å²) in [7, 11) is 0. The Kier molecular flexibility index (Phi) is 4.88. The molecule has 1 aromatic carbocycles. The molecule has 5 nitrogen and oxygen atoms in total.